The average molecular weight is 498 g/mol. The SMILES string of the molecule is Cn1cc(N2CCC(Cc3ccccc3)CC2)cn1.Cn1cc(N2CCC(c3ccncc3)CC2)cn1. The maximum Gasteiger partial charge on any atom is 0.0752 e. The van der Waals surface area contributed by atoms with Crippen molar-refractivity contribution in [1.82, 2.24) is 24.5 Å². The normalized spacial score (nSPS) is 16.9. The Morgan fingerprint density at radius 2 is 1.24 bits per heavy atom. The molecule has 1 aromatic carbocycles. The van der Waals surface area contributed by atoms with Gasteiger partial charge in [-0.15, -0.1) is 0 Å². The van der Waals surface area contributed by atoms with Gasteiger partial charge in [-0.05, 0) is 67.2 Å². The van der Waals surface area contributed by atoms with E-state index in [9.17, 15) is 0 Å². The predicted octanol–water partition coefficient (Wildman–Crippen LogP) is 5.08. The van der Waals surface area contributed by atoms with Crippen LogP contribution in [0.3, 0.4) is 0 Å². The molecule has 37 heavy (non-hydrogen) atoms. The highest BCUT2D eigenvalue weighted by atomic mass is 15.3. The molecule has 2 saturated heterocycles. The molecule has 0 amide bonds. The van der Waals surface area contributed by atoms with Crippen LogP contribution in [0.15, 0.2) is 79.6 Å². The molecule has 0 bridgehead atoms. The van der Waals surface area contributed by atoms with Crippen molar-refractivity contribution in [1.29, 1.82) is 0 Å². The van der Waals surface area contributed by atoms with Gasteiger partial charge in [0.1, 0.15) is 0 Å². The second-order valence-electron chi connectivity index (χ2n) is 10.4. The Hall–Kier alpha value is -3.61. The lowest BCUT2D eigenvalue weighted by molar-refractivity contribution is 0.403. The van der Waals surface area contributed by atoms with Crippen LogP contribution in [-0.2, 0) is 20.5 Å². The van der Waals surface area contributed by atoms with Gasteiger partial charge in [-0.2, -0.15) is 10.2 Å². The summed E-state index contributed by atoms with van der Waals surface area (Å²) in [6.07, 6.45) is 18.1. The van der Waals surface area contributed by atoms with Crippen molar-refractivity contribution in [3.05, 3.63) is 90.8 Å². The fourth-order valence-corrected chi connectivity index (χ4v) is 5.59. The van der Waals surface area contributed by atoms with Crippen LogP contribution in [0.1, 0.15) is 42.7 Å². The van der Waals surface area contributed by atoms with E-state index in [1.165, 1.54) is 54.6 Å². The Bertz CT molecular complexity index is 1200. The van der Waals surface area contributed by atoms with Crippen LogP contribution in [0.2, 0.25) is 0 Å². The predicted molar refractivity (Wildman–Crippen MR) is 150 cm³/mol. The molecule has 2 fully saturated rings. The van der Waals surface area contributed by atoms with E-state index in [0.717, 1.165) is 32.1 Å². The molecule has 2 aliphatic heterocycles. The van der Waals surface area contributed by atoms with Gasteiger partial charge in [-0.25, -0.2) is 0 Å². The highest BCUT2D eigenvalue weighted by Gasteiger charge is 2.22. The summed E-state index contributed by atoms with van der Waals surface area (Å²) in [5.41, 5.74) is 5.41. The van der Waals surface area contributed by atoms with Crippen LogP contribution in [-0.4, -0.2) is 50.7 Å². The van der Waals surface area contributed by atoms with Gasteiger partial charge in [0.25, 0.3) is 0 Å². The number of aryl methyl sites for hydroxylation is 2. The molecule has 194 valence electrons. The maximum atomic E-state index is 4.25. The quantitative estimate of drug-likeness (QED) is 0.385. The van der Waals surface area contributed by atoms with Gasteiger partial charge >= 0.3 is 0 Å². The molecule has 6 rings (SSSR count). The monoisotopic (exact) mass is 497 g/mol. The van der Waals surface area contributed by atoms with Gasteiger partial charge < -0.3 is 9.80 Å². The summed E-state index contributed by atoms with van der Waals surface area (Å²) in [6, 6.07) is 15.1. The van der Waals surface area contributed by atoms with Gasteiger partial charge in [0.15, 0.2) is 0 Å². The van der Waals surface area contributed by atoms with Gasteiger partial charge in [0.2, 0.25) is 0 Å². The first-order valence-corrected chi connectivity index (χ1v) is 13.5. The molecule has 7 nitrogen and oxygen atoms in total. The van der Waals surface area contributed by atoms with Gasteiger partial charge in [-0.1, -0.05) is 30.3 Å². The molecule has 5 heterocycles. The third-order valence-corrected chi connectivity index (χ3v) is 7.77. The number of rotatable bonds is 5. The summed E-state index contributed by atoms with van der Waals surface area (Å²) >= 11 is 0. The first kappa shape index (κ1) is 25.1. The molecular formula is C30H39N7. The van der Waals surface area contributed by atoms with Crippen LogP contribution >= 0.6 is 0 Å². The number of hydrogen-bond acceptors (Lipinski definition) is 5. The standard InChI is InChI=1S/C16H21N3.C14H18N4/c1-18-13-16(12-17-18)19-9-7-15(8-10-19)11-14-5-3-2-4-6-14;1-17-11-14(10-16-17)18-8-4-13(5-9-18)12-2-6-15-7-3-12/h2-6,12-13,15H,7-11H2,1H3;2-3,6-7,10-11,13H,4-5,8-9H2,1H3. The van der Waals surface area contributed by atoms with Crippen molar-refractivity contribution in [3.8, 4) is 0 Å². The lowest BCUT2D eigenvalue weighted by Crippen LogP contribution is -2.34. The number of pyridine rings is 1. The lowest BCUT2D eigenvalue weighted by Gasteiger charge is -2.32. The van der Waals surface area contributed by atoms with E-state index in [1.807, 2.05) is 48.2 Å². The summed E-state index contributed by atoms with van der Waals surface area (Å²) < 4.78 is 3.75. The Labute approximate surface area is 220 Å². The largest absolute Gasteiger partial charge is 0.369 e. The molecule has 2 aliphatic rings. The Morgan fingerprint density at radius 1 is 0.703 bits per heavy atom. The summed E-state index contributed by atoms with van der Waals surface area (Å²) in [5.74, 6) is 1.51. The highest BCUT2D eigenvalue weighted by molar-refractivity contribution is 5.43. The third kappa shape index (κ3) is 6.79. The average Bonchev–Trinajstić information content (AvgIpc) is 3.59. The minimum Gasteiger partial charge on any atom is -0.369 e. The Balaban J connectivity index is 0.000000152. The van der Waals surface area contributed by atoms with Crippen molar-refractivity contribution in [2.24, 2.45) is 20.0 Å². The van der Waals surface area contributed by atoms with Crippen LogP contribution in [0.5, 0.6) is 0 Å². The van der Waals surface area contributed by atoms with E-state index in [0.29, 0.717) is 5.92 Å². The van der Waals surface area contributed by atoms with Crippen molar-refractivity contribution in [2.45, 2.75) is 38.0 Å². The van der Waals surface area contributed by atoms with Crippen molar-refractivity contribution < 1.29 is 0 Å². The second-order valence-corrected chi connectivity index (χ2v) is 10.4. The first-order valence-electron chi connectivity index (χ1n) is 13.5. The number of aromatic nitrogens is 5. The molecule has 0 aliphatic carbocycles. The molecular weight excluding hydrogens is 458 g/mol. The fourth-order valence-electron chi connectivity index (χ4n) is 5.59. The minimum absolute atomic E-state index is 0.681. The molecule has 0 spiro atoms. The molecule has 7 heteroatoms. The smallest absolute Gasteiger partial charge is 0.0752 e. The van der Waals surface area contributed by atoms with E-state index in [4.69, 9.17) is 0 Å². The van der Waals surface area contributed by atoms with Crippen LogP contribution in [0, 0.1) is 5.92 Å². The van der Waals surface area contributed by atoms with Crippen LogP contribution in [0.25, 0.3) is 0 Å². The van der Waals surface area contributed by atoms with E-state index < -0.39 is 0 Å². The third-order valence-electron chi connectivity index (χ3n) is 7.77. The molecule has 0 unspecified atom stereocenters. The number of anilines is 2. The van der Waals surface area contributed by atoms with Crippen LogP contribution in [0.4, 0.5) is 11.4 Å². The summed E-state index contributed by atoms with van der Waals surface area (Å²) in [6.45, 7) is 4.53. The highest BCUT2D eigenvalue weighted by Crippen LogP contribution is 2.30. The Morgan fingerprint density at radius 3 is 1.76 bits per heavy atom. The maximum absolute atomic E-state index is 4.25. The molecule has 0 saturated carbocycles. The van der Waals surface area contributed by atoms with E-state index in [1.54, 1.807) is 0 Å². The van der Waals surface area contributed by atoms with E-state index >= 15 is 0 Å². The van der Waals surface area contributed by atoms with Gasteiger partial charge in [0, 0.05) is 65.1 Å². The number of benzene rings is 1. The number of piperidine rings is 2. The van der Waals surface area contributed by atoms with Crippen molar-refractivity contribution >= 4 is 11.4 Å². The molecule has 0 radical (unpaired) electrons. The zero-order valence-corrected chi connectivity index (χ0v) is 22.2. The van der Waals surface area contributed by atoms with E-state index in [2.05, 4.69) is 79.8 Å². The van der Waals surface area contributed by atoms with Crippen LogP contribution < -0.4 is 9.80 Å². The minimum atomic E-state index is 0.681. The van der Waals surface area contributed by atoms with Crippen molar-refractivity contribution in [3.63, 3.8) is 0 Å². The zero-order valence-electron chi connectivity index (χ0n) is 22.2. The summed E-state index contributed by atoms with van der Waals surface area (Å²) in [5, 5.41) is 8.49. The lowest BCUT2D eigenvalue weighted by atomic mass is 9.90. The number of hydrogen-bond donors (Lipinski definition) is 0. The van der Waals surface area contributed by atoms with Crippen molar-refractivity contribution in [2.75, 3.05) is 36.0 Å². The zero-order chi connectivity index (χ0) is 25.5. The van der Waals surface area contributed by atoms with Gasteiger partial charge in [-0.3, -0.25) is 14.3 Å². The topological polar surface area (TPSA) is 55.0 Å². The molecule has 0 atom stereocenters. The van der Waals surface area contributed by atoms with E-state index in [-0.39, 0.29) is 0 Å². The molecule has 3 aromatic heterocycles. The second kappa shape index (κ2) is 12.1. The molecule has 0 N–H and O–H groups in total. The Kier molecular flexibility index (Phi) is 8.18. The number of nitrogens with zero attached hydrogens (tertiary/aromatic N) is 7. The summed E-state index contributed by atoms with van der Waals surface area (Å²) in [4.78, 5) is 8.96. The van der Waals surface area contributed by atoms with Gasteiger partial charge in [0.05, 0.1) is 23.8 Å². The molecule has 4 aromatic rings. The summed E-state index contributed by atoms with van der Waals surface area (Å²) in [7, 11) is 3.94. The first-order chi connectivity index (χ1) is 18.1. The fraction of sp³-hybridized carbons (Fsp3) is 0.433.